The third kappa shape index (κ3) is 4.15. The van der Waals surface area contributed by atoms with Gasteiger partial charge < -0.3 is 19.3 Å². The second-order valence-electron chi connectivity index (χ2n) is 10.8. The number of likely N-dealkylation sites (tertiary alicyclic amines) is 2. The highest BCUT2D eigenvalue weighted by atomic mass is 16.6. The average Bonchev–Trinajstić information content (AvgIpc) is 3.35. The summed E-state index contributed by atoms with van der Waals surface area (Å²) in [7, 11) is 0. The average molecular weight is 463 g/mol. The molecule has 180 valence electrons. The zero-order valence-corrected chi connectivity index (χ0v) is 20.4. The van der Waals surface area contributed by atoms with E-state index < -0.39 is 5.60 Å². The number of ether oxygens (including phenoxy) is 2. The van der Waals surface area contributed by atoms with Crippen molar-refractivity contribution in [2.45, 2.75) is 63.5 Å². The highest BCUT2D eigenvalue weighted by Gasteiger charge is 2.48. The Labute approximate surface area is 201 Å². The molecule has 2 amide bonds. The normalized spacial score (nSPS) is 22.0. The molecule has 0 radical (unpaired) electrons. The zero-order chi connectivity index (χ0) is 23.9. The molecule has 2 heterocycles. The van der Waals surface area contributed by atoms with E-state index in [2.05, 4.69) is 36.4 Å². The number of carbonyl (C=O) groups excluding carboxylic acids is 2. The quantitative estimate of drug-likeness (QED) is 0.566. The highest BCUT2D eigenvalue weighted by molar-refractivity contribution is 5.79. The lowest BCUT2D eigenvalue weighted by atomic mass is 9.86. The molecule has 1 unspecified atom stereocenters. The molecule has 0 bridgehead atoms. The molecule has 2 aromatic rings. The minimum Gasteiger partial charge on any atom is -0.448 e. The van der Waals surface area contributed by atoms with E-state index >= 15 is 0 Å². The summed E-state index contributed by atoms with van der Waals surface area (Å²) in [5.74, 6) is 0.0412. The number of benzene rings is 2. The molecule has 2 aromatic carbocycles. The van der Waals surface area contributed by atoms with Gasteiger partial charge in [0.05, 0.1) is 5.54 Å². The smallest absolute Gasteiger partial charge is 0.410 e. The second kappa shape index (κ2) is 8.64. The Kier molecular flexibility index (Phi) is 5.78. The summed E-state index contributed by atoms with van der Waals surface area (Å²) in [6.45, 7) is 7.78. The molecule has 1 aliphatic carbocycles. The van der Waals surface area contributed by atoms with Crippen LogP contribution in [0.4, 0.5) is 9.59 Å². The highest BCUT2D eigenvalue weighted by Crippen LogP contribution is 2.45. The van der Waals surface area contributed by atoms with Crippen LogP contribution in [0.2, 0.25) is 0 Å². The SMILES string of the molecule is CC(C)(C)OC(=O)N1CCCC2(CCCN2C(=O)OCC2c3ccccc3-c3ccccc32)C1. The fourth-order valence-electron chi connectivity index (χ4n) is 5.91. The molecule has 3 aliphatic rings. The van der Waals surface area contributed by atoms with Gasteiger partial charge in [-0.2, -0.15) is 0 Å². The first-order chi connectivity index (χ1) is 16.3. The minimum absolute atomic E-state index is 0.0412. The first-order valence-electron chi connectivity index (χ1n) is 12.4. The Morgan fingerprint density at radius 1 is 0.912 bits per heavy atom. The molecule has 2 fully saturated rings. The third-order valence-electron chi connectivity index (χ3n) is 7.36. The molecule has 2 aliphatic heterocycles. The van der Waals surface area contributed by atoms with Crippen LogP contribution in [-0.2, 0) is 9.47 Å². The maximum Gasteiger partial charge on any atom is 0.410 e. The van der Waals surface area contributed by atoms with Gasteiger partial charge in [0, 0.05) is 25.6 Å². The summed E-state index contributed by atoms with van der Waals surface area (Å²) in [5.41, 5.74) is 3.96. The third-order valence-corrected chi connectivity index (χ3v) is 7.36. The van der Waals surface area contributed by atoms with Gasteiger partial charge in [-0.1, -0.05) is 48.5 Å². The molecule has 6 nitrogen and oxygen atoms in total. The van der Waals surface area contributed by atoms with Crippen molar-refractivity contribution in [2.24, 2.45) is 0 Å². The van der Waals surface area contributed by atoms with E-state index in [1.54, 1.807) is 4.90 Å². The fraction of sp³-hybridized carbons (Fsp3) is 0.500. The van der Waals surface area contributed by atoms with E-state index in [1.165, 1.54) is 22.3 Å². The standard InChI is InChI=1S/C28H34N2O4/c1-27(2,3)34-25(31)29-16-8-14-28(19-29)15-9-17-30(28)26(32)33-18-24-22-12-6-4-10-20(22)21-11-5-7-13-23(21)24/h4-7,10-13,24H,8-9,14-19H2,1-3H3. The lowest BCUT2D eigenvalue weighted by Gasteiger charge is -2.45. The topological polar surface area (TPSA) is 59.1 Å². The summed E-state index contributed by atoms with van der Waals surface area (Å²) < 4.78 is 11.6. The first-order valence-corrected chi connectivity index (χ1v) is 12.4. The van der Waals surface area contributed by atoms with Gasteiger partial charge in [-0.25, -0.2) is 9.59 Å². The Hall–Kier alpha value is -3.02. The number of carbonyl (C=O) groups is 2. The van der Waals surface area contributed by atoms with Crippen LogP contribution in [0.1, 0.15) is 63.5 Å². The molecule has 1 spiro atoms. The van der Waals surface area contributed by atoms with Crippen molar-refractivity contribution in [1.82, 2.24) is 9.80 Å². The van der Waals surface area contributed by atoms with Crippen LogP contribution >= 0.6 is 0 Å². The van der Waals surface area contributed by atoms with Crippen molar-refractivity contribution >= 4 is 12.2 Å². The molecule has 0 N–H and O–H groups in total. The number of piperidine rings is 1. The minimum atomic E-state index is -0.538. The van der Waals surface area contributed by atoms with Gasteiger partial charge in [-0.05, 0) is 68.7 Å². The lowest BCUT2D eigenvalue weighted by molar-refractivity contribution is -0.00636. The van der Waals surface area contributed by atoms with E-state index in [0.29, 0.717) is 26.2 Å². The summed E-state index contributed by atoms with van der Waals surface area (Å²) in [6.07, 6.45) is 2.97. The Morgan fingerprint density at radius 3 is 2.12 bits per heavy atom. The van der Waals surface area contributed by atoms with Gasteiger partial charge in [-0.3, -0.25) is 0 Å². The second-order valence-corrected chi connectivity index (χ2v) is 10.8. The van der Waals surface area contributed by atoms with Gasteiger partial charge >= 0.3 is 12.2 Å². The van der Waals surface area contributed by atoms with E-state index in [9.17, 15) is 9.59 Å². The molecular formula is C28H34N2O4. The van der Waals surface area contributed by atoms with E-state index in [-0.39, 0.29) is 23.6 Å². The van der Waals surface area contributed by atoms with E-state index in [1.807, 2.05) is 37.8 Å². The van der Waals surface area contributed by atoms with Crippen molar-refractivity contribution in [3.63, 3.8) is 0 Å². The number of fused-ring (bicyclic) bond motifs is 3. The van der Waals surface area contributed by atoms with Crippen molar-refractivity contribution < 1.29 is 19.1 Å². The predicted octanol–water partition coefficient (Wildman–Crippen LogP) is 5.80. The van der Waals surface area contributed by atoms with Crippen molar-refractivity contribution in [1.29, 1.82) is 0 Å². The lowest BCUT2D eigenvalue weighted by Crippen LogP contribution is -2.59. The molecule has 0 saturated carbocycles. The number of nitrogens with zero attached hydrogens (tertiary/aromatic N) is 2. The number of amides is 2. The molecule has 6 heteroatoms. The maximum atomic E-state index is 13.4. The van der Waals surface area contributed by atoms with Gasteiger partial charge in [0.25, 0.3) is 0 Å². The summed E-state index contributed by atoms with van der Waals surface area (Å²) in [5, 5.41) is 0. The molecule has 5 rings (SSSR count). The Balaban J connectivity index is 1.29. The van der Waals surface area contributed by atoms with Crippen LogP contribution in [-0.4, -0.2) is 59.4 Å². The molecule has 1 atom stereocenters. The van der Waals surface area contributed by atoms with Crippen LogP contribution in [0, 0.1) is 0 Å². The first kappa shape index (κ1) is 22.8. The van der Waals surface area contributed by atoms with Crippen molar-refractivity contribution in [2.75, 3.05) is 26.2 Å². The monoisotopic (exact) mass is 462 g/mol. The van der Waals surface area contributed by atoms with E-state index in [4.69, 9.17) is 9.47 Å². The number of hydrogen-bond acceptors (Lipinski definition) is 4. The largest absolute Gasteiger partial charge is 0.448 e. The number of hydrogen-bond donors (Lipinski definition) is 0. The molecule has 0 aromatic heterocycles. The molecule has 34 heavy (non-hydrogen) atoms. The predicted molar refractivity (Wildman–Crippen MR) is 131 cm³/mol. The Morgan fingerprint density at radius 2 is 1.50 bits per heavy atom. The van der Waals surface area contributed by atoms with Gasteiger partial charge in [0.2, 0.25) is 0 Å². The van der Waals surface area contributed by atoms with Gasteiger partial charge in [0.1, 0.15) is 12.2 Å². The zero-order valence-electron chi connectivity index (χ0n) is 20.4. The van der Waals surface area contributed by atoms with Gasteiger partial charge in [-0.15, -0.1) is 0 Å². The van der Waals surface area contributed by atoms with E-state index in [0.717, 1.165) is 25.7 Å². The van der Waals surface area contributed by atoms with Crippen LogP contribution in [0.15, 0.2) is 48.5 Å². The molecular weight excluding hydrogens is 428 g/mol. The Bertz CT molecular complexity index is 1050. The van der Waals surface area contributed by atoms with Crippen molar-refractivity contribution in [3.8, 4) is 11.1 Å². The van der Waals surface area contributed by atoms with Crippen LogP contribution < -0.4 is 0 Å². The summed E-state index contributed by atoms with van der Waals surface area (Å²) in [6, 6.07) is 16.7. The molecule has 2 saturated heterocycles. The maximum absolute atomic E-state index is 13.4. The van der Waals surface area contributed by atoms with Crippen molar-refractivity contribution in [3.05, 3.63) is 59.7 Å². The summed E-state index contributed by atoms with van der Waals surface area (Å²) in [4.78, 5) is 29.8. The van der Waals surface area contributed by atoms with Crippen LogP contribution in [0.25, 0.3) is 11.1 Å². The summed E-state index contributed by atoms with van der Waals surface area (Å²) >= 11 is 0. The van der Waals surface area contributed by atoms with Crippen LogP contribution in [0.3, 0.4) is 0 Å². The fourth-order valence-corrected chi connectivity index (χ4v) is 5.91. The van der Waals surface area contributed by atoms with Crippen LogP contribution in [0.5, 0.6) is 0 Å². The van der Waals surface area contributed by atoms with Gasteiger partial charge in [0.15, 0.2) is 0 Å². The number of rotatable bonds is 2.